The Labute approximate surface area is 156 Å². The average molecular weight is 343 g/mol. The molecule has 0 N–H and O–H groups in total. The predicted molar refractivity (Wildman–Crippen MR) is 107 cm³/mol. The molecule has 0 heterocycles. The second kappa shape index (κ2) is 9.12. The Kier molecular flexibility index (Phi) is 6.34. The molecule has 0 radical (unpaired) electrons. The Morgan fingerprint density at radius 2 is 1.27 bits per heavy atom. The molecule has 0 aromatic heterocycles. The van der Waals surface area contributed by atoms with Crippen LogP contribution in [-0.2, 0) is 13.0 Å². The quantitative estimate of drug-likeness (QED) is 0.538. The summed E-state index contributed by atoms with van der Waals surface area (Å²) in [5, 5.41) is 0. The third kappa shape index (κ3) is 5.40. The Bertz CT molecular complexity index is 810. The number of carbonyl (C=O) groups excluding carboxylic acids is 1. The zero-order chi connectivity index (χ0) is 18.2. The van der Waals surface area contributed by atoms with Gasteiger partial charge in [0.05, 0.1) is 0 Å². The summed E-state index contributed by atoms with van der Waals surface area (Å²) in [7, 11) is 2.06. The molecule has 0 aliphatic rings. The van der Waals surface area contributed by atoms with Crippen LogP contribution >= 0.6 is 0 Å². The lowest BCUT2D eigenvalue weighted by atomic mass is 10.0. The van der Waals surface area contributed by atoms with Crippen LogP contribution in [0.3, 0.4) is 0 Å². The van der Waals surface area contributed by atoms with Crippen molar-refractivity contribution in [3.8, 4) is 0 Å². The van der Waals surface area contributed by atoms with E-state index in [2.05, 4.69) is 60.5 Å². The van der Waals surface area contributed by atoms with Gasteiger partial charge in [0.15, 0.2) is 5.78 Å². The van der Waals surface area contributed by atoms with E-state index in [0.29, 0.717) is 6.42 Å². The lowest BCUT2D eigenvalue weighted by molar-refractivity contribution is 0.0968. The van der Waals surface area contributed by atoms with Crippen LogP contribution in [0.2, 0.25) is 0 Å². The van der Waals surface area contributed by atoms with Crippen molar-refractivity contribution >= 4 is 5.78 Å². The van der Waals surface area contributed by atoms with Crippen molar-refractivity contribution in [2.24, 2.45) is 0 Å². The lowest BCUT2D eigenvalue weighted by Crippen LogP contribution is -2.21. The fourth-order valence-electron chi connectivity index (χ4n) is 3.05. The molecule has 3 rings (SSSR count). The van der Waals surface area contributed by atoms with Gasteiger partial charge in [-0.05, 0) is 30.2 Å². The summed E-state index contributed by atoms with van der Waals surface area (Å²) >= 11 is 0. The maximum absolute atomic E-state index is 12.4. The van der Waals surface area contributed by atoms with Crippen LogP contribution in [0.1, 0.15) is 33.5 Å². The molecule has 3 aromatic carbocycles. The molecule has 0 spiro atoms. The molecule has 0 unspecified atom stereocenters. The van der Waals surface area contributed by atoms with E-state index in [4.69, 9.17) is 0 Å². The standard InChI is InChI=1S/C24H25NO/c1-25(19-22-10-6-3-7-11-22)17-16-24(26)23-14-12-21(13-15-23)18-20-8-4-2-5-9-20/h2-15H,16-19H2,1H3. The Balaban J connectivity index is 1.50. The van der Waals surface area contributed by atoms with E-state index < -0.39 is 0 Å². The number of Topliss-reactive ketones (excluding diaryl/α,β-unsaturated/α-hetero) is 1. The molecule has 0 fully saturated rings. The second-order valence-corrected chi connectivity index (χ2v) is 6.76. The normalized spacial score (nSPS) is 10.8. The van der Waals surface area contributed by atoms with Crippen LogP contribution in [0.4, 0.5) is 0 Å². The molecule has 0 atom stereocenters. The highest BCUT2D eigenvalue weighted by molar-refractivity contribution is 5.96. The third-order valence-electron chi connectivity index (χ3n) is 4.54. The van der Waals surface area contributed by atoms with E-state index in [-0.39, 0.29) is 5.78 Å². The van der Waals surface area contributed by atoms with Gasteiger partial charge in [0.2, 0.25) is 0 Å². The number of benzene rings is 3. The summed E-state index contributed by atoms with van der Waals surface area (Å²) in [6.45, 7) is 1.63. The van der Waals surface area contributed by atoms with Crippen molar-refractivity contribution in [1.29, 1.82) is 0 Å². The minimum Gasteiger partial charge on any atom is -0.302 e. The smallest absolute Gasteiger partial charge is 0.164 e. The Morgan fingerprint density at radius 1 is 0.731 bits per heavy atom. The maximum Gasteiger partial charge on any atom is 0.164 e. The van der Waals surface area contributed by atoms with E-state index >= 15 is 0 Å². The average Bonchev–Trinajstić information content (AvgIpc) is 2.68. The second-order valence-electron chi connectivity index (χ2n) is 6.76. The van der Waals surface area contributed by atoms with Crippen molar-refractivity contribution in [2.75, 3.05) is 13.6 Å². The Hall–Kier alpha value is -2.71. The van der Waals surface area contributed by atoms with Gasteiger partial charge < -0.3 is 4.90 Å². The molecule has 0 saturated carbocycles. The summed E-state index contributed by atoms with van der Waals surface area (Å²) in [5.74, 6) is 0.205. The van der Waals surface area contributed by atoms with Gasteiger partial charge in [-0.15, -0.1) is 0 Å². The van der Waals surface area contributed by atoms with Crippen molar-refractivity contribution in [3.05, 3.63) is 107 Å². The van der Waals surface area contributed by atoms with Gasteiger partial charge in [-0.1, -0.05) is 84.9 Å². The number of nitrogens with zero attached hydrogens (tertiary/aromatic N) is 1. The van der Waals surface area contributed by atoms with Gasteiger partial charge in [0.25, 0.3) is 0 Å². The van der Waals surface area contributed by atoms with E-state index in [1.165, 1.54) is 16.7 Å². The predicted octanol–water partition coefficient (Wildman–Crippen LogP) is 4.98. The molecular weight excluding hydrogens is 318 g/mol. The molecule has 0 saturated heterocycles. The minimum atomic E-state index is 0.205. The summed E-state index contributed by atoms with van der Waals surface area (Å²) < 4.78 is 0. The number of carbonyl (C=O) groups is 1. The summed E-state index contributed by atoms with van der Waals surface area (Å²) in [6, 6.07) is 28.8. The van der Waals surface area contributed by atoms with Crippen LogP contribution in [0.15, 0.2) is 84.9 Å². The number of hydrogen-bond donors (Lipinski definition) is 0. The lowest BCUT2D eigenvalue weighted by Gasteiger charge is -2.16. The van der Waals surface area contributed by atoms with E-state index in [0.717, 1.165) is 25.1 Å². The molecule has 0 aliphatic carbocycles. The summed E-state index contributed by atoms with van der Waals surface area (Å²) in [5.41, 5.74) is 4.59. The molecule has 0 amide bonds. The molecule has 3 aromatic rings. The van der Waals surface area contributed by atoms with Crippen LogP contribution in [0.25, 0.3) is 0 Å². The Morgan fingerprint density at radius 3 is 1.88 bits per heavy atom. The van der Waals surface area contributed by atoms with Gasteiger partial charge in [-0.3, -0.25) is 4.79 Å². The van der Waals surface area contributed by atoms with Gasteiger partial charge in [-0.2, -0.15) is 0 Å². The topological polar surface area (TPSA) is 20.3 Å². The summed E-state index contributed by atoms with van der Waals surface area (Å²) in [4.78, 5) is 14.6. The molecule has 0 bridgehead atoms. The molecule has 2 heteroatoms. The maximum atomic E-state index is 12.4. The van der Waals surface area contributed by atoms with Crippen LogP contribution < -0.4 is 0 Å². The first-order chi connectivity index (χ1) is 12.7. The minimum absolute atomic E-state index is 0.205. The van der Waals surface area contributed by atoms with Crippen molar-refractivity contribution in [2.45, 2.75) is 19.4 Å². The van der Waals surface area contributed by atoms with Crippen molar-refractivity contribution < 1.29 is 4.79 Å². The molecule has 0 aliphatic heterocycles. The SMILES string of the molecule is CN(CCC(=O)c1ccc(Cc2ccccc2)cc1)Cc1ccccc1. The number of rotatable bonds is 8. The van der Waals surface area contributed by atoms with Crippen LogP contribution in [0.5, 0.6) is 0 Å². The highest BCUT2D eigenvalue weighted by Gasteiger charge is 2.08. The highest BCUT2D eigenvalue weighted by atomic mass is 16.1. The number of ketones is 1. The van der Waals surface area contributed by atoms with Gasteiger partial charge in [0, 0.05) is 25.1 Å². The first kappa shape index (κ1) is 18.1. The fourth-order valence-corrected chi connectivity index (χ4v) is 3.05. The molecule has 132 valence electrons. The fraction of sp³-hybridized carbons (Fsp3) is 0.208. The third-order valence-corrected chi connectivity index (χ3v) is 4.54. The van der Waals surface area contributed by atoms with Crippen LogP contribution in [0, 0.1) is 0 Å². The molecular formula is C24H25NO. The first-order valence-electron chi connectivity index (χ1n) is 9.09. The first-order valence-corrected chi connectivity index (χ1v) is 9.09. The largest absolute Gasteiger partial charge is 0.302 e. The van der Waals surface area contributed by atoms with Crippen LogP contribution in [-0.4, -0.2) is 24.3 Å². The highest BCUT2D eigenvalue weighted by Crippen LogP contribution is 2.12. The zero-order valence-corrected chi connectivity index (χ0v) is 15.3. The van der Waals surface area contributed by atoms with Gasteiger partial charge in [-0.25, -0.2) is 0 Å². The monoisotopic (exact) mass is 343 g/mol. The van der Waals surface area contributed by atoms with E-state index in [1.807, 2.05) is 36.4 Å². The van der Waals surface area contributed by atoms with Gasteiger partial charge in [0.1, 0.15) is 0 Å². The van der Waals surface area contributed by atoms with E-state index in [9.17, 15) is 4.79 Å². The molecule has 26 heavy (non-hydrogen) atoms. The van der Waals surface area contributed by atoms with E-state index in [1.54, 1.807) is 0 Å². The summed E-state index contributed by atoms with van der Waals surface area (Å²) in [6.07, 6.45) is 1.44. The zero-order valence-electron chi connectivity index (χ0n) is 15.3. The van der Waals surface area contributed by atoms with Crippen molar-refractivity contribution in [1.82, 2.24) is 4.90 Å². The van der Waals surface area contributed by atoms with Gasteiger partial charge >= 0.3 is 0 Å². The van der Waals surface area contributed by atoms with Crippen molar-refractivity contribution in [3.63, 3.8) is 0 Å². The molecule has 2 nitrogen and oxygen atoms in total. The number of hydrogen-bond acceptors (Lipinski definition) is 2.